The van der Waals surface area contributed by atoms with E-state index in [1.165, 1.54) is 30.2 Å². The summed E-state index contributed by atoms with van der Waals surface area (Å²) in [4.78, 5) is 0. The summed E-state index contributed by atoms with van der Waals surface area (Å²) in [6.07, 6.45) is 3.64. The number of hydrogen-bond acceptors (Lipinski definition) is 6. The Morgan fingerprint density at radius 1 is 0.674 bits per heavy atom. The molecule has 0 N–H and O–H groups in total. The van der Waals surface area contributed by atoms with Gasteiger partial charge in [0, 0.05) is 22.8 Å². The summed E-state index contributed by atoms with van der Waals surface area (Å²) in [5.41, 5.74) is 0. The molecule has 2 atom stereocenters. The van der Waals surface area contributed by atoms with Crippen molar-refractivity contribution >= 4 is 50.1 Å². The predicted molar refractivity (Wildman–Crippen MR) is 207 cm³/mol. The first kappa shape index (κ1) is 45.9. The standard InChI is InChI=1S/C15H36O3Si3.C9H26OSi3.C6H10O2.CH4/c1-19(2,3)11-12-21(6,7)18-20(4,5)10-8-9-16-13-15-14-17-15;1-11(2)10-13(6,7)9-8-12(3,4)5;1-2-3-7-4-6-5-8-6;/h15H,8-14H2,1-7H3;11H,8-9H2,1-7H3;2,6H,1,3-5H2;1H4. The Bertz CT molecular complexity index is 715. The summed E-state index contributed by atoms with van der Waals surface area (Å²) in [6, 6.07) is 6.75. The van der Waals surface area contributed by atoms with Gasteiger partial charge in [-0.05, 0) is 76.9 Å². The average Bonchev–Trinajstić information content (AvgIpc) is 3.71. The highest BCUT2D eigenvalue weighted by Gasteiger charge is 2.34. The lowest BCUT2D eigenvalue weighted by Crippen LogP contribution is -2.45. The van der Waals surface area contributed by atoms with E-state index >= 15 is 0 Å². The summed E-state index contributed by atoms with van der Waals surface area (Å²) in [5, 5.41) is 0. The molecule has 2 heterocycles. The van der Waals surface area contributed by atoms with Crippen molar-refractivity contribution in [1.29, 1.82) is 0 Å². The third-order valence-corrected chi connectivity index (χ3v) is 24.6. The monoisotopic (exact) mass is 712 g/mol. The van der Waals surface area contributed by atoms with Gasteiger partial charge in [-0.25, -0.2) is 0 Å². The minimum absolute atomic E-state index is 0. The van der Waals surface area contributed by atoms with Crippen molar-refractivity contribution in [2.24, 2.45) is 0 Å². The van der Waals surface area contributed by atoms with Crippen molar-refractivity contribution < 1.29 is 27.2 Å². The molecule has 0 aromatic rings. The largest absolute Gasteiger partial charge is 0.458 e. The SMILES string of the molecule is C.C=CCOCC1CO1.C[SiH](C)O[Si](C)(C)CC[Si](C)(C)C.C[Si](C)(C)CC[Si](C)(C)O[Si](C)(C)CCCOCC1CO1. The lowest BCUT2D eigenvalue weighted by Gasteiger charge is -2.35. The lowest BCUT2D eigenvalue weighted by molar-refractivity contribution is 0.116. The second-order valence-electron chi connectivity index (χ2n) is 16.6. The normalized spacial score (nSPS) is 18.6. The summed E-state index contributed by atoms with van der Waals surface area (Å²) in [6.45, 7) is 41.9. The van der Waals surface area contributed by atoms with Crippen LogP contribution >= 0.6 is 0 Å². The van der Waals surface area contributed by atoms with Crippen LogP contribution in [0.4, 0.5) is 0 Å². The Hall–Kier alpha value is 0.801. The molecule has 0 aliphatic carbocycles. The molecule has 260 valence electrons. The van der Waals surface area contributed by atoms with Crippen LogP contribution in [0.5, 0.6) is 0 Å². The highest BCUT2D eigenvalue weighted by atomic mass is 28.4. The van der Waals surface area contributed by atoms with Gasteiger partial charge in [-0.15, -0.1) is 6.58 Å². The second kappa shape index (κ2) is 21.6. The van der Waals surface area contributed by atoms with Crippen molar-refractivity contribution in [3.63, 3.8) is 0 Å². The fourth-order valence-corrected chi connectivity index (χ4v) is 28.5. The smallest absolute Gasteiger partial charge is 0.173 e. The van der Waals surface area contributed by atoms with Crippen LogP contribution in [0.1, 0.15) is 13.8 Å². The van der Waals surface area contributed by atoms with Crippen LogP contribution in [0.2, 0.25) is 122 Å². The number of rotatable bonds is 20. The zero-order valence-electron chi connectivity index (χ0n) is 30.5. The van der Waals surface area contributed by atoms with E-state index in [1.807, 2.05) is 0 Å². The zero-order valence-corrected chi connectivity index (χ0v) is 36.6. The van der Waals surface area contributed by atoms with Crippen LogP contribution in [-0.2, 0) is 27.2 Å². The van der Waals surface area contributed by atoms with Crippen LogP contribution in [-0.4, -0.2) is 102 Å². The maximum Gasteiger partial charge on any atom is 0.173 e. The molecular formula is C31H76O6Si6. The van der Waals surface area contributed by atoms with E-state index in [1.54, 1.807) is 6.08 Å². The zero-order chi connectivity index (χ0) is 32.7. The number of epoxide rings is 2. The number of hydrogen-bond donors (Lipinski definition) is 0. The molecule has 43 heavy (non-hydrogen) atoms. The minimum Gasteiger partial charge on any atom is -0.458 e. The molecule has 2 unspecified atom stereocenters. The van der Waals surface area contributed by atoms with E-state index in [2.05, 4.69) is 98.2 Å². The van der Waals surface area contributed by atoms with Crippen molar-refractivity contribution in [2.75, 3.05) is 39.6 Å². The second-order valence-corrected chi connectivity index (χ2v) is 43.7. The maximum atomic E-state index is 6.68. The third-order valence-electron chi connectivity index (χ3n) is 6.78. The maximum absolute atomic E-state index is 6.68. The van der Waals surface area contributed by atoms with Crippen molar-refractivity contribution in [3.8, 4) is 0 Å². The van der Waals surface area contributed by atoms with Gasteiger partial charge in [0.05, 0.1) is 33.0 Å². The van der Waals surface area contributed by atoms with Crippen LogP contribution < -0.4 is 0 Å². The van der Waals surface area contributed by atoms with Gasteiger partial charge in [0.2, 0.25) is 0 Å². The molecule has 0 radical (unpaired) electrons. The van der Waals surface area contributed by atoms with E-state index in [-0.39, 0.29) is 7.43 Å². The molecule has 0 bridgehead atoms. The molecular weight excluding hydrogens is 637 g/mol. The summed E-state index contributed by atoms with van der Waals surface area (Å²) in [5.74, 6) is 0. The van der Waals surface area contributed by atoms with Crippen LogP contribution in [0.15, 0.2) is 12.7 Å². The summed E-state index contributed by atoms with van der Waals surface area (Å²) >= 11 is 0. The van der Waals surface area contributed by atoms with E-state index in [0.717, 1.165) is 39.5 Å². The van der Waals surface area contributed by atoms with Gasteiger partial charge in [-0.3, -0.25) is 0 Å². The van der Waals surface area contributed by atoms with E-state index in [4.69, 9.17) is 27.2 Å². The molecule has 0 aromatic carbocycles. The molecule has 0 spiro atoms. The quantitative estimate of drug-likeness (QED) is 0.0543. The first-order valence-corrected chi connectivity index (χ1v) is 36.0. The van der Waals surface area contributed by atoms with Crippen LogP contribution in [0.3, 0.4) is 0 Å². The van der Waals surface area contributed by atoms with Crippen molar-refractivity contribution in [2.45, 2.75) is 148 Å². The highest BCUT2D eigenvalue weighted by molar-refractivity contribution is 6.86. The molecule has 2 rings (SSSR count). The van der Waals surface area contributed by atoms with Crippen molar-refractivity contribution in [3.05, 3.63) is 12.7 Å². The first-order valence-electron chi connectivity index (χ1n) is 16.4. The average molecular weight is 713 g/mol. The minimum atomic E-state index is -1.53. The molecule has 0 amide bonds. The molecule has 2 aliphatic rings. The molecule has 2 saturated heterocycles. The number of ether oxygens (including phenoxy) is 4. The van der Waals surface area contributed by atoms with Gasteiger partial charge in [-0.2, -0.15) is 0 Å². The Kier molecular flexibility index (Phi) is 23.1. The topological polar surface area (TPSA) is 62.0 Å². The molecule has 0 saturated carbocycles. The van der Waals surface area contributed by atoms with E-state index < -0.39 is 50.1 Å². The van der Waals surface area contributed by atoms with Gasteiger partial charge in [-0.1, -0.05) is 64.9 Å². The van der Waals surface area contributed by atoms with Gasteiger partial charge in [0.1, 0.15) is 12.2 Å². The first-order chi connectivity index (χ1) is 19.0. The van der Waals surface area contributed by atoms with Gasteiger partial charge in [0.15, 0.2) is 34.0 Å². The van der Waals surface area contributed by atoms with Gasteiger partial charge < -0.3 is 27.2 Å². The fourth-order valence-electron chi connectivity index (χ4n) is 4.33. The molecule has 12 heteroatoms. The molecule has 0 aromatic heterocycles. The van der Waals surface area contributed by atoms with E-state index in [9.17, 15) is 0 Å². The van der Waals surface area contributed by atoms with Crippen molar-refractivity contribution in [1.82, 2.24) is 0 Å². The lowest BCUT2D eigenvalue weighted by atomic mass is 10.5. The summed E-state index contributed by atoms with van der Waals surface area (Å²) in [7, 11) is -6.90. The predicted octanol–water partition coefficient (Wildman–Crippen LogP) is 9.31. The Morgan fingerprint density at radius 3 is 1.49 bits per heavy atom. The Labute approximate surface area is 276 Å². The van der Waals surface area contributed by atoms with Crippen LogP contribution in [0.25, 0.3) is 0 Å². The fraction of sp³-hybridized carbons (Fsp3) is 0.935. The van der Waals surface area contributed by atoms with E-state index in [0.29, 0.717) is 18.8 Å². The molecule has 6 nitrogen and oxygen atoms in total. The Balaban J connectivity index is 0. The highest BCUT2D eigenvalue weighted by Crippen LogP contribution is 2.27. The van der Waals surface area contributed by atoms with Gasteiger partial charge >= 0.3 is 0 Å². The van der Waals surface area contributed by atoms with Crippen LogP contribution in [0, 0.1) is 0 Å². The summed E-state index contributed by atoms with van der Waals surface area (Å²) < 4.78 is 33.6. The molecule has 2 fully saturated rings. The third kappa shape index (κ3) is 34.0. The molecule has 2 aliphatic heterocycles. The van der Waals surface area contributed by atoms with Gasteiger partial charge in [0.25, 0.3) is 0 Å². The Morgan fingerprint density at radius 2 is 1.09 bits per heavy atom.